The molecule has 1 amide bonds. The van der Waals surface area contributed by atoms with Crippen molar-refractivity contribution < 1.29 is 14.3 Å². The highest BCUT2D eigenvalue weighted by atomic mass is 16.5. The van der Waals surface area contributed by atoms with Gasteiger partial charge in [0.1, 0.15) is 22.5 Å². The first-order chi connectivity index (χ1) is 15.1. The van der Waals surface area contributed by atoms with Crippen molar-refractivity contribution in [2.45, 2.75) is 20.8 Å². The second-order valence-electron chi connectivity index (χ2n) is 6.98. The Morgan fingerprint density at radius 3 is 2.00 bits per heavy atom. The van der Waals surface area contributed by atoms with Crippen molar-refractivity contribution >= 4 is 22.6 Å². The zero-order chi connectivity index (χ0) is 21.8. The molecule has 0 fully saturated rings. The number of carbonyl (C=O) groups is 1. The number of fused-ring (bicyclic) bond motifs is 1. The van der Waals surface area contributed by atoms with Crippen molar-refractivity contribution in [3.63, 3.8) is 0 Å². The minimum absolute atomic E-state index is 0.190. The predicted molar refractivity (Wildman–Crippen MR) is 120 cm³/mol. The molecule has 0 aliphatic rings. The second kappa shape index (κ2) is 8.87. The molecule has 1 heterocycles. The Hall–Kier alpha value is -3.87. The highest BCUT2D eigenvalue weighted by Gasteiger charge is 2.12. The molecule has 4 aromatic rings. The van der Waals surface area contributed by atoms with E-state index in [1.807, 2.05) is 57.2 Å². The zero-order valence-corrected chi connectivity index (χ0v) is 17.8. The Bertz CT molecular complexity index is 1200. The predicted octanol–water partition coefficient (Wildman–Crippen LogP) is 4.78. The molecule has 0 unspecified atom stereocenters. The number of hydrogen-bond acceptors (Lipinski definition) is 5. The number of nitrogens with one attached hydrogen (secondary N) is 1. The van der Waals surface area contributed by atoms with Crippen molar-refractivity contribution in [3.05, 3.63) is 71.8 Å². The number of aryl methyl sites for hydroxylation is 1. The van der Waals surface area contributed by atoms with Crippen LogP contribution in [0.25, 0.3) is 16.7 Å². The summed E-state index contributed by atoms with van der Waals surface area (Å²) in [6.45, 7) is 7.01. The van der Waals surface area contributed by atoms with Gasteiger partial charge >= 0.3 is 0 Å². The molecule has 0 aliphatic heterocycles. The number of anilines is 1. The summed E-state index contributed by atoms with van der Waals surface area (Å²) in [5, 5.41) is 12.1. The fourth-order valence-corrected chi connectivity index (χ4v) is 3.22. The highest BCUT2D eigenvalue weighted by Crippen LogP contribution is 2.24. The van der Waals surface area contributed by atoms with Gasteiger partial charge < -0.3 is 14.8 Å². The van der Waals surface area contributed by atoms with Crippen LogP contribution in [0.1, 0.15) is 29.8 Å². The van der Waals surface area contributed by atoms with Crippen molar-refractivity contribution in [2.24, 2.45) is 0 Å². The van der Waals surface area contributed by atoms with Crippen LogP contribution in [0.2, 0.25) is 0 Å². The van der Waals surface area contributed by atoms with E-state index in [1.54, 1.807) is 29.1 Å². The average Bonchev–Trinajstić information content (AvgIpc) is 3.18. The van der Waals surface area contributed by atoms with E-state index in [-0.39, 0.29) is 5.91 Å². The van der Waals surface area contributed by atoms with Gasteiger partial charge in [0.2, 0.25) is 0 Å². The van der Waals surface area contributed by atoms with Gasteiger partial charge in [0.05, 0.1) is 18.9 Å². The first-order valence-electron chi connectivity index (χ1n) is 10.2. The van der Waals surface area contributed by atoms with Gasteiger partial charge in [-0.05, 0) is 87.0 Å². The summed E-state index contributed by atoms with van der Waals surface area (Å²) >= 11 is 0. The van der Waals surface area contributed by atoms with E-state index in [0.717, 1.165) is 28.3 Å². The third-order valence-corrected chi connectivity index (χ3v) is 4.78. The molecule has 0 saturated carbocycles. The van der Waals surface area contributed by atoms with E-state index in [4.69, 9.17) is 9.47 Å². The summed E-state index contributed by atoms with van der Waals surface area (Å²) in [6, 6.07) is 18.4. The van der Waals surface area contributed by atoms with Gasteiger partial charge in [-0.3, -0.25) is 4.79 Å². The second-order valence-corrected chi connectivity index (χ2v) is 6.98. The largest absolute Gasteiger partial charge is 0.494 e. The number of benzene rings is 3. The van der Waals surface area contributed by atoms with Crippen LogP contribution < -0.4 is 14.8 Å². The first-order valence-corrected chi connectivity index (χ1v) is 10.2. The number of hydrogen-bond donors (Lipinski definition) is 1. The summed E-state index contributed by atoms with van der Waals surface area (Å²) in [5.74, 6) is 1.35. The van der Waals surface area contributed by atoms with Crippen LogP contribution in [0.3, 0.4) is 0 Å². The van der Waals surface area contributed by atoms with Crippen molar-refractivity contribution in [1.29, 1.82) is 0 Å². The van der Waals surface area contributed by atoms with Crippen LogP contribution in [0.4, 0.5) is 5.69 Å². The van der Waals surface area contributed by atoms with Gasteiger partial charge in [0, 0.05) is 11.3 Å². The monoisotopic (exact) mass is 416 g/mol. The summed E-state index contributed by atoms with van der Waals surface area (Å²) in [7, 11) is 0. The lowest BCUT2D eigenvalue weighted by molar-refractivity contribution is 0.102. The highest BCUT2D eigenvalue weighted by molar-refractivity contribution is 6.05. The molecule has 0 aliphatic carbocycles. The van der Waals surface area contributed by atoms with Crippen LogP contribution in [0.15, 0.2) is 60.7 Å². The molecule has 0 radical (unpaired) electrons. The fourth-order valence-electron chi connectivity index (χ4n) is 3.22. The third-order valence-electron chi connectivity index (χ3n) is 4.78. The van der Waals surface area contributed by atoms with Crippen LogP contribution >= 0.6 is 0 Å². The summed E-state index contributed by atoms with van der Waals surface area (Å²) in [6.07, 6.45) is 0. The Morgan fingerprint density at radius 1 is 0.871 bits per heavy atom. The van der Waals surface area contributed by atoms with Gasteiger partial charge in [-0.15, -0.1) is 10.2 Å². The summed E-state index contributed by atoms with van der Waals surface area (Å²) < 4.78 is 10.9. The number of amides is 1. The van der Waals surface area contributed by atoms with E-state index in [1.165, 1.54) is 0 Å². The van der Waals surface area contributed by atoms with E-state index >= 15 is 0 Å². The van der Waals surface area contributed by atoms with Crippen molar-refractivity contribution in [2.75, 3.05) is 18.5 Å². The molecule has 158 valence electrons. The topological polar surface area (TPSA) is 78.3 Å². The van der Waals surface area contributed by atoms with Gasteiger partial charge in [0.15, 0.2) is 0 Å². The molecular formula is C24H24N4O3. The lowest BCUT2D eigenvalue weighted by atomic mass is 10.1. The molecule has 0 saturated heterocycles. The maximum Gasteiger partial charge on any atom is 0.255 e. The van der Waals surface area contributed by atoms with Gasteiger partial charge in [-0.25, -0.2) is 0 Å². The number of ether oxygens (including phenoxy) is 2. The molecule has 0 bridgehead atoms. The van der Waals surface area contributed by atoms with Gasteiger partial charge in [-0.1, -0.05) is 0 Å². The molecular weight excluding hydrogens is 392 g/mol. The SMILES string of the molecule is CCOc1ccc(C(=O)Nc2cc3nn(-c4ccc(OCC)cc4)nc3cc2C)cc1. The molecule has 0 atom stereocenters. The Labute approximate surface area is 180 Å². The standard InChI is InChI=1S/C24H24N4O3/c1-4-30-19-10-6-17(7-11-19)24(29)25-21-15-23-22(14-16(21)3)26-28(27-23)18-8-12-20(13-9-18)31-5-2/h6-15H,4-5H2,1-3H3,(H,25,29). The van der Waals surface area contributed by atoms with Crippen LogP contribution in [0, 0.1) is 6.92 Å². The molecule has 1 aromatic heterocycles. The normalized spacial score (nSPS) is 10.8. The maximum atomic E-state index is 12.7. The van der Waals surface area contributed by atoms with Crippen LogP contribution in [0.5, 0.6) is 11.5 Å². The number of carbonyl (C=O) groups excluding carboxylic acids is 1. The summed E-state index contributed by atoms with van der Waals surface area (Å²) in [4.78, 5) is 14.3. The lowest BCUT2D eigenvalue weighted by Gasteiger charge is -2.09. The fraction of sp³-hybridized carbons (Fsp3) is 0.208. The van der Waals surface area contributed by atoms with Crippen molar-refractivity contribution in [1.82, 2.24) is 15.0 Å². The Kier molecular flexibility index (Phi) is 5.84. The lowest BCUT2D eigenvalue weighted by Crippen LogP contribution is -2.12. The Balaban J connectivity index is 1.56. The quantitative estimate of drug-likeness (QED) is 0.469. The maximum absolute atomic E-state index is 12.7. The molecule has 0 spiro atoms. The van der Waals surface area contributed by atoms with E-state index in [9.17, 15) is 4.79 Å². The van der Waals surface area contributed by atoms with Crippen molar-refractivity contribution in [3.8, 4) is 17.2 Å². The Morgan fingerprint density at radius 2 is 1.42 bits per heavy atom. The molecule has 3 aromatic carbocycles. The molecule has 31 heavy (non-hydrogen) atoms. The summed E-state index contributed by atoms with van der Waals surface area (Å²) in [5.41, 5.74) is 4.45. The number of aromatic nitrogens is 3. The minimum Gasteiger partial charge on any atom is -0.494 e. The van der Waals surface area contributed by atoms with Crippen LogP contribution in [-0.4, -0.2) is 34.1 Å². The van der Waals surface area contributed by atoms with Gasteiger partial charge in [-0.2, -0.15) is 4.80 Å². The average molecular weight is 416 g/mol. The molecule has 7 heteroatoms. The van der Waals surface area contributed by atoms with Crippen LogP contribution in [-0.2, 0) is 0 Å². The zero-order valence-electron chi connectivity index (χ0n) is 17.8. The van der Waals surface area contributed by atoms with E-state index < -0.39 is 0 Å². The number of nitrogens with zero attached hydrogens (tertiary/aromatic N) is 3. The minimum atomic E-state index is -0.190. The molecule has 4 rings (SSSR count). The third kappa shape index (κ3) is 4.50. The first kappa shape index (κ1) is 20.4. The van der Waals surface area contributed by atoms with Gasteiger partial charge in [0.25, 0.3) is 5.91 Å². The smallest absolute Gasteiger partial charge is 0.255 e. The van der Waals surface area contributed by atoms with E-state index in [2.05, 4.69) is 15.5 Å². The molecule has 1 N–H and O–H groups in total. The number of rotatable bonds is 7. The van der Waals surface area contributed by atoms with E-state index in [0.29, 0.717) is 30.0 Å². The molecule has 7 nitrogen and oxygen atoms in total.